The van der Waals surface area contributed by atoms with Crippen LogP contribution in [0.2, 0.25) is 16.1 Å². The van der Waals surface area contributed by atoms with Gasteiger partial charge < -0.3 is 9.16 Å². The Balaban J connectivity index is 2.53. The molecule has 0 aliphatic carbocycles. The molecule has 2 rings (SSSR count). The molecule has 1 atom stereocenters. The zero-order valence-corrected chi connectivity index (χ0v) is 15.1. The van der Waals surface area contributed by atoms with Gasteiger partial charge in [0.2, 0.25) is 8.32 Å². The van der Waals surface area contributed by atoms with E-state index in [0.717, 1.165) is 6.42 Å². The Bertz CT molecular complexity index is 423. The van der Waals surface area contributed by atoms with Crippen molar-refractivity contribution in [2.75, 3.05) is 0 Å². The molecule has 2 aliphatic rings. The third-order valence-electron chi connectivity index (χ3n) is 5.43. The van der Waals surface area contributed by atoms with Gasteiger partial charge in [-0.2, -0.15) is 0 Å². The summed E-state index contributed by atoms with van der Waals surface area (Å²) in [6.07, 6.45) is 0.463. The summed E-state index contributed by atoms with van der Waals surface area (Å²) >= 11 is 0. The molecular formula is C15H29NO3Si. The lowest BCUT2D eigenvalue weighted by Gasteiger charge is -2.45. The number of rotatable bonds is 2. The summed E-state index contributed by atoms with van der Waals surface area (Å²) in [4.78, 5) is 11.8. The van der Waals surface area contributed by atoms with Crippen LogP contribution in [0, 0.1) is 0 Å². The monoisotopic (exact) mass is 299 g/mol. The van der Waals surface area contributed by atoms with Crippen molar-refractivity contribution in [2.45, 2.75) is 89.3 Å². The van der Waals surface area contributed by atoms with Crippen LogP contribution in [0.25, 0.3) is 0 Å². The van der Waals surface area contributed by atoms with Gasteiger partial charge in [0.15, 0.2) is 11.3 Å². The number of carbonyl (C=O) groups is 1. The third kappa shape index (κ3) is 1.78. The molecule has 0 radical (unpaired) electrons. The average molecular weight is 299 g/mol. The van der Waals surface area contributed by atoms with Gasteiger partial charge in [-0.25, -0.2) is 4.79 Å². The fourth-order valence-corrected chi connectivity index (χ4v) is 11.4. The number of nitrogens with one attached hydrogen (secondary N) is 1. The normalized spacial score (nSPS) is 33.8. The van der Waals surface area contributed by atoms with Crippen LogP contribution in [0.5, 0.6) is 0 Å². The quantitative estimate of drug-likeness (QED) is 0.779. The van der Waals surface area contributed by atoms with E-state index in [9.17, 15) is 4.79 Å². The highest BCUT2D eigenvalue weighted by Gasteiger charge is 2.72. The zero-order valence-electron chi connectivity index (χ0n) is 14.1. The van der Waals surface area contributed by atoms with Crippen LogP contribution in [0.15, 0.2) is 0 Å². The van der Waals surface area contributed by atoms with Crippen LogP contribution in [0.1, 0.15) is 61.8 Å². The van der Waals surface area contributed by atoms with Crippen molar-refractivity contribution in [3.8, 4) is 0 Å². The Labute approximate surface area is 123 Å². The smallest absolute Gasteiger partial charge is 0.410 e. The van der Waals surface area contributed by atoms with Crippen molar-refractivity contribution in [3.05, 3.63) is 0 Å². The molecule has 2 heterocycles. The van der Waals surface area contributed by atoms with Crippen LogP contribution >= 0.6 is 0 Å². The van der Waals surface area contributed by atoms with Crippen LogP contribution in [-0.2, 0) is 9.16 Å². The molecule has 0 bridgehead atoms. The molecule has 1 N–H and O–H groups in total. The van der Waals surface area contributed by atoms with Crippen LogP contribution in [0.4, 0.5) is 4.79 Å². The predicted molar refractivity (Wildman–Crippen MR) is 82.1 cm³/mol. The fourth-order valence-electron chi connectivity index (χ4n) is 4.75. The average Bonchev–Trinajstić information content (AvgIpc) is 2.57. The van der Waals surface area contributed by atoms with E-state index in [-0.39, 0.29) is 11.1 Å². The Morgan fingerprint density at radius 1 is 1.10 bits per heavy atom. The first kappa shape index (κ1) is 15.8. The maximum atomic E-state index is 11.8. The first-order valence-electron chi connectivity index (χ1n) is 7.61. The summed E-state index contributed by atoms with van der Waals surface area (Å²) in [5.41, 5.74) is -0.316. The summed E-state index contributed by atoms with van der Waals surface area (Å²) in [5.74, 6) is 0. The molecular weight excluding hydrogens is 270 g/mol. The largest absolute Gasteiger partial charge is 0.438 e. The number of cyclic esters (lactones) is 1. The number of ether oxygens (including phenoxy) is 1. The van der Waals surface area contributed by atoms with E-state index in [2.05, 4.69) is 46.9 Å². The molecule has 2 saturated heterocycles. The van der Waals surface area contributed by atoms with Crippen LogP contribution in [0.3, 0.4) is 0 Å². The van der Waals surface area contributed by atoms with Crippen molar-refractivity contribution in [1.82, 2.24) is 5.32 Å². The second-order valence-corrected chi connectivity index (χ2v) is 13.6. The summed E-state index contributed by atoms with van der Waals surface area (Å²) in [6.45, 7) is 17.5. The van der Waals surface area contributed by atoms with E-state index >= 15 is 0 Å². The molecule has 0 aromatic carbocycles. The van der Waals surface area contributed by atoms with Crippen molar-refractivity contribution >= 4 is 14.4 Å². The van der Waals surface area contributed by atoms with Crippen LogP contribution in [-0.4, -0.2) is 25.7 Å². The van der Waals surface area contributed by atoms with E-state index in [1.807, 2.05) is 13.8 Å². The Kier molecular flexibility index (Phi) is 3.35. The zero-order chi connectivity index (χ0) is 15.6. The number of amides is 1. The number of carbonyl (C=O) groups excluding carboxylic acids is 1. The fraction of sp³-hybridized carbons (Fsp3) is 0.933. The molecule has 5 heteroatoms. The predicted octanol–water partition coefficient (Wildman–Crippen LogP) is 4.17. The van der Waals surface area contributed by atoms with Gasteiger partial charge in [-0.3, -0.25) is 5.32 Å². The van der Waals surface area contributed by atoms with Gasteiger partial charge in [-0.1, -0.05) is 41.5 Å². The standard InChI is InChI=1S/C15H29NO3Si/c1-10(2)20(11(3)4)13(5,6)9-15(19-20)14(7,8)18-12(17)16-15/h10-11H,9H2,1-8H3,(H,16,17)/t15-/m0/s1. The van der Waals surface area contributed by atoms with E-state index in [1.54, 1.807) is 0 Å². The minimum atomic E-state index is -2.07. The first-order chi connectivity index (χ1) is 8.90. The third-order valence-corrected chi connectivity index (χ3v) is 11.8. The van der Waals surface area contributed by atoms with Gasteiger partial charge in [0, 0.05) is 6.42 Å². The summed E-state index contributed by atoms with van der Waals surface area (Å²) in [6, 6.07) is 0. The molecule has 4 nitrogen and oxygen atoms in total. The first-order valence-corrected chi connectivity index (χ1v) is 9.68. The number of hydrogen-bond donors (Lipinski definition) is 1. The van der Waals surface area contributed by atoms with Crippen molar-refractivity contribution in [1.29, 1.82) is 0 Å². The lowest BCUT2D eigenvalue weighted by atomic mass is 9.87. The van der Waals surface area contributed by atoms with Gasteiger partial charge in [-0.05, 0) is 30.0 Å². The van der Waals surface area contributed by atoms with Gasteiger partial charge in [-0.15, -0.1) is 0 Å². The second kappa shape index (κ2) is 4.23. The number of hydrogen-bond acceptors (Lipinski definition) is 3. The van der Waals surface area contributed by atoms with Crippen molar-refractivity contribution in [3.63, 3.8) is 0 Å². The highest BCUT2D eigenvalue weighted by atomic mass is 28.4. The lowest BCUT2D eigenvalue weighted by Crippen LogP contribution is -2.58. The van der Waals surface area contributed by atoms with Crippen molar-refractivity contribution < 1.29 is 14.0 Å². The van der Waals surface area contributed by atoms with E-state index in [4.69, 9.17) is 9.16 Å². The lowest BCUT2D eigenvalue weighted by molar-refractivity contribution is -0.0730. The van der Waals surface area contributed by atoms with Gasteiger partial charge >= 0.3 is 6.09 Å². The van der Waals surface area contributed by atoms with Gasteiger partial charge in [0.05, 0.1) is 0 Å². The molecule has 2 aliphatic heterocycles. The molecule has 0 aromatic heterocycles. The molecule has 1 spiro atoms. The minimum Gasteiger partial charge on any atom is -0.438 e. The maximum absolute atomic E-state index is 11.8. The Morgan fingerprint density at radius 2 is 1.60 bits per heavy atom. The van der Waals surface area contributed by atoms with Gasteiger partial charge in [0.1, 0.15) is 0 Å². The van der Waals surface area contributed by atoms with E-state index in [1.165, 1.54) is 0 Å². The van der Waals surface area contributed by atoms with E-state index < -0.39 is 19.6 Å². The second-order valence-electron chi connectivity index (χ2n) is 8.12. The molecule has 0 saturated carbocycles. The number of alkyl carbamates (subject to hydrolysis) is 1. The summed E-state index contributed by atoms with van der Waals surface area (Å²) < 4.78 is 12.3. The molecule has 0 aromatic rings. The van der Waals surface area contributed by atoms with E-state index in [0.29, 0.717) is 11.1 Å². The SMILES string of the molecule is CC(C)[Si]1(C(C)C)O[C@]2(CC1(C)C)NC(=O)OC2(C)C. The summed E-state index contributed by atoms with van der Waals surface area (Å²) in [7, 11) is -2.07. The Morgan fingerprint density at radius 3 is 1.90 bits per heavy atom. The molecule has 0 unspecified atom stereocenters. The minimum absolute atomic E-state index is 0.0909. The highest BCUT2D eigenvalue weighted by Crippen LogP contribution is 2.64. The highest BCUT2D eigenvalue weighted by molar-refractivity contribution is 6.80. The van der Waals surface area contributed by atoms with Gasteiger partial charge in [0.25, 0.3) is 0 Å². The topological polar surface area (TPSA) is 47.6 Å². The Hall–Kier alpha value is -0.553. The molecule has 20 heavy (non-hydrogen) atoms. The van der Waals surface area contributed by atoms with Crippen LogP contribution < -0.4 is 5.32 Å². The summed E-state index contributed by atoms with van der Waals surface area (Å²) in [5, 5.41) is 3.08. The van der Waals surface area contributed by atoms with Crippen molar-refractivity contribution in [2.24, 2.45) is 0 Å². The molecule has 2 fully saturated rings. The molecule has 1 amide bonds. The molecule has 116 valence electrons. The maximum Gasteiger partial charge on any atom is 0.410 e.